The van der Waals surface area contributed by atoms with E-state index in [4.69, 9.17) is 8.94 Å². The number of nitrogens with zero attached hydrogens (tertiary/aromatic N) is 4. The predicted octanol–water partition coefficient (Wildman–Crippen LogP) is 5.37. The third-order valence-electron chi connectivity index (χ3n) is 6.78. The summed E-state index contributed by atoms with van der Waals surface area (Å²) in [5.41, 5.74) is 3.96. The fraction of sp³-hybridized carbons (Fsp3) is 0.407. The Hall–Kier alpha value is -3.68. The minimum absolute atomic E-state index is 0.0270. The summed E-state index contributed by atoms with van der Waals surface area (Å²) in [5, 5.41) is 4.19. The summed E-state index contributed by atoms with van der Waals surface area (Å²) in [4.78, 5) is 31.7. The van der Waals surface area contributed by atoms with Crippen LogP contribution in [-0.4, -0.2) is 38.6 Å². The van der Waals surface area contributed by atoms with Gasteiger partial charge in [0.05, 0.1) is 5.52 Å². The first kappa shape index (κ1) is 23.1. The van der Waals surface area contributed by atoms with Gasteiger partial charge in [-0.2, -0.15) is 4.98 Å². The molecule has 0 unspecified atom stereocenters. The molecule has 0 radical (unpaired) electrons. The highest BCUT2D eigenvalue weighted by Gasteiger charge is 2.28. The number of piperidine rings is 1. The van der Waals surface area contributed by atoms with Crippen molar-refractivity contribution in [2.45, 2.75) is 58.4 Å². The van der Waals surface area contributed by atoms with Gasteiger partial charge in [-0.15, -0.1) is 0 Å². The Labute approximate surface area is 203 Å². The number of amides is 1. The van der Waals surface area contributed by atoms with Crippen LogP contribution in [-0.2, 0) is 0 Å². The molecule has 35 heavy (non-hydrogen) atoms. The standard InChI is InChI=1S/C27H30N4O4/c1-16(2)18-5-7-20(8-6-18)26(32)30-13-11-19(12-14-30)25-28-24(29-35-25)21-9-10-23-22(15-21)31(17(3)4)27(33)34-23/h5-10,15-17,19H,11-14H2,1-4H3. The fourth-order valence-electron chi connectivity index (χ4n) is 4.70. The predicted molar refractivity (Wildman–Crippen MR) is 133 cm³/mol. The van der Waals surface area contributed by atoms with Gasteiger partial charge < -0.3 is 13.8 Å². The lowest BCUT2D eigenvalue weighted by molar-refractivity contribution is 0.0704. The molecular formula is C27H30N4O4. The second kappa shape index (κ2) is 9.17. The third-order valence-corrected chi connectivity index (χ3v) is 6.78. The van der Waals surface area contributed by atoms with Gasteiger partial charge in [-0.05, 0) is 68.5 Å². The van der Waals surface area contributed by atoms with Gasteiger partial charge in [-0.1, -0.05) is 31.1 Å². The van der Waals surface area contributed by atoms with Crippen molar-refractivity contribution in [3.8, 4) is 11.4 Å². The number of carbonyl (C=O) groups is 1. The smallest absolute Gasteiger partial charge is 0.408 e. The van der Waals surface area contributed by atoms with E-state index in [0.29, 0.717) is 41.8 Å². The zero-order valence-corrected chi connectivity index (χ0v) is 20.5. The first-order valence-electron chi connectivity index (χ1n) is 12.2. The highest BCUT2D eigenvalue weighted by molar-refractivity contribution is 5.94. The summed E-state index contributed by atoms with van der Waals surface area (Å²) in [6, 6.07) is 13.3. The summed E-state index contributed by atoms with van der Waals surface area (Å²) in [7, 11) is 0. The van der Waals surface area contributed by atoms with Crippen LogP contribution < -0.4 is 5.76 Å². The molecule has 3 heterocycles. The molecule has 1 fully saturated rings. The molecule has 8 heteroatoms. The normalized spacial score (nSPS) is 15.0. The van der Waals surface area contributed by atoms with Crippen LogP contribution in [0.2, 0.25) is 0 Å². The Bertz CT molecular complexity index is 1400. The molecule has 0 atom stereocenters. The van der Waals surface area contributed by atoms with Crippen molar-refractivity contribution in [2.24, 2.45) is 0 Å². The molecular weight excluding hydrogens is 444 g/mol. The molecule has 2 aromatic heterocycles. The Kier molecular flexibility index (Phi) is 6.05. The molecule has 1 amide bonds. The Morgan fingerprint density at radius 3 is 2.40 bits per heavy atom. The molecule has 1 aliphatic rings. The Morgan fingerprint density at radius 2 is 1.74 bits per heavy atom. The monoisotopic (exact) mass is 474 g/mol. The molecule has 182 valence electrons. The molecule has 0 spiro atoms. The molecule has 2 aromatic carbocycles. The lowest BCUT2D eigenvalue weighted by Crippen LogP contribution is -2.38. The highest BCUT2D eigenvalue weighted by Crippen LogP contribution is 2.30. The number of benzene rings is 2. The molecule has 0 bridgehead atoms. The maximum absolute atomic E-state index is 12.9. The fourth-order valence-corrected chi connectivity index (χ4v) is 4.70. The first-order chi connectivity index (χ1) is 16.8. The first-order valence-corrected chi connectivity index (χ1v) is 12.2. The van der Waals surface area contributed by atoms with E-state index in [-0.39, 0.29) is 23.6 Å². The lowest BCUT2D eigenvalue weighted by Gasteiger charge is -2.30. The summed E-state index contributed by atoms with van der Waals surface area (Å²) in [5.74, 6) is 1.30. The summed E-state index contributed by atoms with van der Waals surface area (Å²) in [6.07, 6.45) is 1.54. The van der Waals surface area contributed by atoms with E-state index in [9.17, 15) is 9.59 Å². The molecule has 1 saturated heterocycles. The van der Waals surface area contributed by atoms with Crippen LogP contribution in [0.1, 0.15) is 80.2 Å². The molecule has 0 saturated carbocycles. The van der Waals surface area contributed by atoms with E-state index in [1.54, 1.807) is 10.6 Å². The van der Waals surface area contributed by atoms with Gasteiger partial charge in [0.25, 0.3) is 5.91 Å². The van der Waals surface area contributed by atoms with Crippen molar-refractivity contribution >= 4 is 17.0 Å². The zero-order valence-electron chi connectivity index (χ0n) is 20.5. The van der Waals surface area contributed by atoms with Crippen molar-refractivity contribution in [1.82, 2.24) is 19.6 Å². The summed E-state index contributed by atoms with van der Waals surface area (Å²) >= 11 is 0. The van der Waals surface area contributed by atoms with Crippen molar-refractivity contribution < 1.29 is 13.7 Å². The summed E-state index contributed by atoms with van der Waals surface area (Å²) in [6.45, 7) is 9.46. The van der Waals surface area contributed by atoms with E-state index in [1.165, 1.54) is 5.56 Å². The van der Waals surface area contributed by atoms with Gasteiger partial charge in [-0.25, -0.2) is 4.79 Å². The maximum atomic E-state index is 12.9. The minimum Gasteiger partial charge on any atom is -0.408 e. The average molecular weight is 475 g/mol. The van der Waals surface area contributed by atoms with E-state index in [1.807, 2.05) is 55.1 Å². The van der Waals surface area contributed by atoms with Crippen LogP contribution in [0, 0.1) is 0 Å². The van der Waals surface area contributed by atoms with Crippen molar-refractivity contribution in [1.29, 1.82) is 0 Å². The molecule has 1 aliphatic heterocycles. The quantitative estimate of drug-likeness (QED) is 0.386. The Morgan fingerprint density at radius 1 is 1.03 bits per heavy atom. The number of rotatable bonds is 5. The number of likely N-dealkylation sites (tertiary alicyclic amines) is 1. The number of fused-ring (bicyclic) bond motifs is 1. The Balaban J connectivity index is 1.28. The van der Waals surface area contributed by atoms with Crippen LogP contribution in [0.4, 0.5) is 0 Å². The number of oxazole rings is 1. The van der Waals surface area contributed by atoms with Crippen LogP contribution in [0.15, 0.2) is 56.2 Å². The zero-order chi connectivity index (χ0) is 24.7. The molecule has 5 rings (SSSR count). The minimum atomic E-state index is -0.377. The number of hydrogen-bond donors (Lipinski definition) is 0. The van der Waals surface area contributed by atoms with Gasteiger partial charge >= 0.3 is 5.76 Å². The van der Waals surface area contributed by atoms with E-state index in [0.717, 1.165) is 24.0 Å². The second-order valence-corrected chi connectivity index (χ2v) is 9.81. The number of aromatic nitrogens is 3. The lowest BCUT2D eigenvalue weighted by atomic mass is 9.96. The van der Waals surface area contributed by atoms with Crippen LogP contribution in [0.25, 0.3) is 22.5 Å². The van der Waals surface area contributed by atoms with Gasteiger partial charge in [0, 0.05) is 36.2 Å². The van der Waals surface area contributed by atoms with E-state index in [2.05, 4.69) is 24.0 Å². The highest BCUT2D eigenvalue weighted by atomic mass is 16.5. The van der Waals surface area contributed by atoms with Crippen molar-refractivity contribution in [2.75, 3.05) is 13.1 Å². The molecule has 4 aromatic rings. The number of hydrogen-bond acceptors (Lipinski definition) is 6. The van der Waals surface area contributed by atoms with Crippen molar-refractivity contribution in [3.63, 3.8) is 0 Å². The largest absolute Gasteiger partial charge is 0.420 e. The second-order valence-electron chi connectivity index (χ2n) is 9.81. The van der Waals surface area contributed by atoms with Gasteiger partial charge in [0.1, 0.15) is 0 Å². The third kappa shape index (κ3) is 4.40. The SMILES string of the molecule is CC(C)c1ccc(C(=O)N2CCC(c3nc(-c4ccc5oc(=O)n(C(C)C)c5c4)no3)CC2)cc1. The molecule has 8 nitrogen and oxygen atoms in total. The topological polar surface area (TPSA) is 94.4 Å². The van der Waals surface area contributed by atoms with Crippen LogP contribution in [0.5, 0.6) is 0 Å². The van der Waals surface area contributed by atoms with Gasteiger partial charge in [0.15, 0.2) is 5.58 Å². The van der Waals surface area contributed by atoms with E-state index >= 15 is 0 Å². The molecule has 0 aliphatic carbocycles. The van der Waals surface area contributed by atoms with Crippen molar-refractivity contribution in [3.05, 3.63) is 70.0 Å². The van der Waals surface area contributed by atoms with Crippen LogP contribution in [0.3, 0.4) is 0 Å². The number of carbonyl (C=O) groups excluding carboxylic acids is 1. The van der Waals surface area contributed by atoms with E-state index < -0.39 is 0 Å². The van der Waals surface area contributed by atoms with Crippen LogP contribution >= 0.6 is 0 Å². The van der Waals surface area contributed by atoms with Gasteiger partial charge in [0.2, 0.25) is 11.7 Å². The molecule has 0 N–H and O–H groups in total. The average Bonchev–Trinajstić information content (AvgIpc) is 3.47. The van der Waals surface area contributed by atoms with Gasteiger partial charge in [-0.3, -0.25) is 9.36 Å². The maximum Gasteiger partial charge on any atom is 0.420 e. The summed E-state index contributed by atoms with van der Waals surface area (Å²) < 4.78 is 12.6.